The Morgan fingerprint density at radius 3 is 2.36 bits per heavy atom. The Kier molecular flexibility index (Phi) is 7.32. The number of ether oxygens (including phenoxy) is 1. The van der Waals surface area contributed by atoms with E-state index in [4.69, 9.17) is 16.3 Å². The molecular formula is C20H25ClN2O4S. The number of rotatable bonds is 8. The van der Waals surface area contributed by atoms with Gasteiger partial charge in [-0.2, -0.15) is 0 Å². The Balaban J connectivity index is 2.35. The highest BCUT2D eigenvalue weighted by Crippen LogP contribution is 2.32. The second-order valence-electron chi connectivity index (χ2n) is 6.44. The summed E-state index contributed by atoms with van der Waals surface area (Å²) in [7, 11) is -2.26. The molecule has 2 aromatic carbocycles. The lowest BCUT2D eigenvalue weighted by atomic mass is 10.1. The third-order valence-electron chi connectivity index (χ3n) is 4.38. The van der Waals surface area contributed by atoms with Crippen LogP contribution in [0.4, 0.5) is 5.69 Å². The predicted molar refractivity (Wildman–Crippen MR) is 112 cm³/mol. The average molecular weight is 425 g/mol. The zero-order chi connectivity index (χ0) is 20.9. The van der Waals surface area contributed by atoms with Gasteiger partial charge in [-0.3, -0.25) is 9.10 Å². The van der Waals surface area contributed by atoms with Crippen molar-refractivity contribution < 1.29 is 17.9 Å². The van der Waals surface area contributed by atoms with Gasteiger partial charge in [0.2, 0.25) is 15.9 Å². The van der Waals surface area contributed by atoms with Gasteiger partial charge in [0.15, 0.2) is 0 Å². The van der Waals surface area contributed by atoms with E-state index in [1.807, 2.05) is 37.3 Å². The summed E-state index contributed by atoms with van der Waals surface area (Å²) >= 11 is 6.17. The lowest BCUT2D eigenvalue weighted by Crippen LogP contribution is -2.49. The smallest absolute Gasteiger partial charge is 0.244 e. The van der Waals surface area contributed by atoms with Crippen molar-refractivity contribution in [3.8, 4) is 5.75 Å². The Morgan fingerprint density at radius 2 is 1.86 bits per heavy atom. The molecule has 0 unspecified atom stereocenters. The highest BCUT2D eigenvalue weighted by Gasteiger charge is 2.32. The van der Waals surface area contributed by atoms with Gasteiger partial charge in [-0.25, -0.2) is 8.42 Å². The summed E-state index contributed by atoms with van der Waals surface area (Å²) in [5, 5.41) is 3.17. The topological polar surface area (TPSA) is 75.7 Å². The fourth-order valence-electron chi connectivity index (χ4n) is 2.99. The highest BCUT2D eigenvalue weighted by atomic mass is 35.5. The second kappa shape index (κ2) is 9.30. The molecule has 0 fully saturated rings. The van der Waals surface area contributed by atoms with Crippen molar-refractivity contribution in [2.75, 3.05) is 17.7 Å². The van der Waals surface area contributed by atoms with Crippen molar-refractivity contribution in [3.63, 3.8) is 0 Å². The SMILES string of the molecule is CC[C@H](C(=O)N[C@@H](C)c1ccccc1)N(c1ccc(OC)c(Cl)c1)S(C)(=O)=O. The summed E-state index contributed by atoms with van der Waals surface area (Å²) < 4.78 is 31.3. The van der Waals surface area contributed by atoms with E-state index >= 15 is 0 Å². The minimum atomic E-state index is -3.74. The predicted octanol–water partition coefficient (Wildman–Crippen LogP) is 3.77. The van der Waals surface area contributed by atoms with Gasteiger partial charge in [0, 0.05) is 0 Å². The first-order valence-corrected chi connectivity index (χ1v) is 11.1. The molecule has 28 heavy (non-hydrogen) atoms. The molecule has 8 heteroatoms. The molecular weight excluding hydrogens is 400 g/mol. The molecule has 0 aromatic heterocycles. The number of hydrogen-bond donors (Lipinski definition) is 1. The maximum atomic E-state index is 13.0. The van der Waals surface area contributed by atoms with Crippen molar-refractivity contribution in [3.05, 3.63) is 59.1 Å². The maximum absolute atomic E-state index is 13.0. The minimum Gasteiger partial charge on any atom is -0.495 e. The molecule has 1 N–H and O–H groups in total. The maximum Gasteiger partial charge on any atom is 0.244 e. The van der Waals surface area contributed by atoms with Gasteiger partial charge in [-0.15, -0.1) is 0 Å². The molecule has 0 aliphatic heterocycles. The highest BCUT2D eigenvalue weighted by molar-refractivity contribution is 7.92. The summed E-state index contributed by atoms with van der Waals surface area (Å²) in [6.45, 7) is 3.62. The first-order chi connectivity index (χ1) is 13.2. The molecule has 2 aromatic rings. The largest absolute Gasteiger partial charge is 0.495 e. The number of nitrogens with zero attached hydrogens (tertiary/aromatic N) is 1. The second-order valence-corrected chi connectivity index (χ2v) is 8.71. The van der Waals surface area contributed by atoms with Gasteiger partial charge in [-0.1, -0.05) is 48.9 Å². The molecule has 0 bridgehead atoms. The van der Waals surface area contributed by atoms with E-state index < -0.39 is 16.1 Å². The number of sulfonamides is 1. The van der Waals surface area contributed by atoms with Crippen LogP contribution in [0.3, 0.4) is 0 Å². The van der Waals surface area contributed by atoms with Crippen LogP contribution in [0, 0.1) is 0 Å². The van der Waals surface area contributed by atoms with Gasteiger partial charge >= 0.3 is 0 Å². The van der Waals surface area contributed by atoms with E-state index in [-0.39, 0.29) is 17.0 Å². The van der Waals surface area contributed by atoms with E-state index in [2.05, 4.69) is 5.32 Å². The molecule has 0 spiro atoms. The van der Waals surface area contributed by atoms with Crippen LogP contribution in [0.25, 0.3) is 0 Å². The van der Waals surface area contributed by atoms with E-state index in [0.29, 0.717) is 17.9 Å². The normalized spacial score (nSPS) is 13.5. The number of carbonyl (C=O) groups excluding carboxylic acids is 1. The lowest BCUT2D eigenvalue weighted by molar-refractivity contribution is -0.122. The lowest BCUT2D eigenvalue weighted by Gasteiger charge is -2.31. The Bertz CT molecular complexity index is 919. The van der Waals surface area contributed by atoms with E-state index in [9.17, 15) is 13.2 Å². The van der Waals surface area contributed by atoms with Crippen LogP contribution < -0.4 is 14.4 Å². The molecule has 2 rings (SSSR count). The first kappa shape index (κ1) is 22.0. The third-order valence-corrected chi connectivity index (χ3v) is 5.85. The van der Waals surface area contributed by atoms with Crippen LogP contribution in [0.1, 0.15) is 31.9 Å². The molecule has 0 saturated heterocycles. The number of carbonyl (C=O) groups is 1. The van der Waals surface area contributed by atoms with E-state index in [0.717, 1.165) is 16.1 Å². The molecule has 6 nitrogen and oxygen atoms in total. The van der Waals surface area contributed by atoms with Crippen molar-refractivity contribution in [2.24, 2.45) is 0 Å². The number of amides is 1. The number of hydrogen-bond acceptors (Lipinski definition) is 4. The summed E-state index contributed by atoms with van der Waals surface area (Å²) in [6, 6.07) is 12.9. The number of benzene rings is 2. The molecule has 0 aliphatic carbocycles. The molecule has 0 heterocycles. The Hall–Kier alpha value is -2.25. The zero-order valence-corrected chi connectivity index (χ0v) is 17.9. The van der Waals surface area contributed by atoms with Crippen molar-refractivity contribution in [1.82, 2.24) is 5.32 Å². The fraction of sp³-hybridized carbons (Fsp3) is 0.350. The van der Waals surface area contributed by atoms with Gasteiger partial charge < -0.3 is 10.1 Å². The van der Waals surface area contributed by atoms with Gasteiger partial charge in [-0.05, 0) is 37.1 Å². The summed E-state index contributed by atoms with van der Waals surface area (Å²) in [5.41, 5.74) is 1.24. The van der Waals surface area contributed by atoms with Crippen LogP contribution in [-0.2, 0) is 14.8 Å². The number of anilines is 1. The van der Waals surface area contributed by atoms with Crippen molar-refractivity contribution in [1.29, 1.82) is 0 Å². The van der Waals surface area contributed by atoms with Crippen LogP contribution >= 0.6 is 11.6 Å². The molecule has 1 amide bonds. The number of halogens is 1. The standard InChI is InChI=1S/C20H25ClN2O4S/c1-5-18(20(24)22-14(2)15-9-7-6-8-10-15)23(28(4,25)26)16-11-12-19(27-3)17(21)13-16/h6-14,18H,5H2,1-4H3,(H,22,24)/t14-,18+/m0/s1. The summed E-state index contributed by atoms with van der Waals surface area (Å²) in [6.07, 6.45) is 1.37. The summed E-state index contributed by atoms with van der Waals surface area (Å²) in [4.78, 5) is 13.0. The third kappa shape index (κ3) is 5.17. The van der Waals surface area contributed by atoms with E-state index in [1.54, 1.807) is 19.1 Å². The molecule has 0 aliphatic rings. The van der Waals surface area contributed by atoms with Gasteiger partial charge in [0.1, 0.15) is 11.8 Å². The minimum absolute atomic E-state index is 0.261. The van der Waals surface area contributed by atoms with E-state index in [1.165, 1.54) is 13.2 Å². The van der Waals surface area contributed by atoms with Crippen LogP contribution in [0.15, 0.2) is 48.5 Å². The van der Waals surface area contributed by atoms with Crippen LogP contribution in [-0.4, -0.2) is 33.7 Å². The van der Waals surface area contributed by atoms with Crippen molar-refractivity contribution >= 4 is 33.2 Å². The number of nitrogens with one attached hydrogen (secondary N) is 1. The fourth-order valence-corrected chi connectivity index (χ4v) is 4.44. The molecule has 0 saturated carbocycles. The molecule has 152 valence electrons. The molecule has 2 atom stereocenters. The van der Waals surface area contributed by atoms with Gasteiger partial charge in [0.25, 0.3) is 0 Å². The van der Waals surface area contributed by atoms with Gasteiger partial charge in [0.05, 0.1) is 30.1 Å². The average Bonchev–Trinajstić information content (AvgIpc) is 2.65. The van der Waals surface area contributed by atoms with Crippen LogP contribution in [0.5, 0.6) is 5.75 Å². The zero-order valence-electron chi connectivity index (χ0n) is 16.3. The Labute approximate surface area is 171 Å². The quantitative estimate of drug-likeness (QED) is 0.699. The molecule has 0 radical (unpaired) electrons. The number of methoxy groups -OCH3 is 1. The Morgan fingerprint density at radius 1 is 1.21 bits per heavy atom. The monoisotopic (exact) mass is 424 g/mol. The van der Waals surface area contributed by atoms with Crippen LogP contribution in [0.2, 0.25) is 5.02 Å². The summed E-state index contributed by atoms with van der Waals surface area (Å²) in [5.74, 6) is 0.0466. The van der Waals surface area contributed by atoms with Crippen molar-refractivity contribution in [2.45, 2.75) is 32.4 Å². The first-order valence-electron chi connectivity index (χ1n) is 8.87.